The Morgan fingerprint density at radius 1 is 1.45 bits per heavy atom. The van der Waals surface area contributed by atoms with Crippen molar-refractivity contribution in [3.05, 3.63) is 24.1 Å². The van der Waals surface area contributed by atoms with E-state index in [1.54, 1.807) is 0 Å². The van der Waals surface area contributed by atoms with Gasteiger partial charge in [-0.15, -0.1) is 0 Å². The molecule has 1 saturated heterocycles. The third-order valence-electron chi connectivity index (χ3n) is 3.45. The summed E-state index contributed by atoms with van der Waals surface area (Å²) in [4.78, 5) is 3.67. The maximum Gasteiger partial charge on any atom is 0.263 e. The van der Waals surface area contributed by atoms with Gasteiger partial charge in [-0.05, 0) is 37.9 Å². The number of hydrogen-bond donors (Lipinski definition) is 1. The molecule has 0 unspecified atom stereocenters. The second kappa shape index (κ2) is 6.60. The van der Waals surface area contributed by atoms with Crippen LogP contribution in [0.3, 0.4) is 0 Å². The Morgan fingerprint density at radius 3 is 2.75 bits per heavy atom. The topological polar surface area (TPSA) is 62.3 Å². The largest absolute Gasteiger partial charge is 0.314 e. The molecule has 2 heterocycles. The summed E-state index contributed by atoms with van der Waals surface area (Å²) in [6.45, 7) is 3.84. The minimum absolute atomic E-state index is 0.343. The zero-order valence-corrected chi connectivity index (χ0v) is 12.4. The highest BCUT2D eigenvalue weighted by atomic mass is 32.2. The molecule has 0 amide bonds. The van der Waals surface area contributed by atoms with Gasteiger partial charge in [0.25, 0.3) is 10.0 Å². The zero-order valence-electron chi connectivity index (χ0n) is 11.5. The summed E-state index contributed by atoms with van der Waals surface area (Å²) in [5.74, 6) is -0.793. The highest BCUT2D eigenvalue weighted by molar-refractivity contribution is 7.89. The Morgan fingerprint density at radius 2 is 2.15 bits per heavy atom. The lowest BCUT2D eigenvalue weighted by atomic mass is 10.1. The van der Waals surface area contributed by atoms with Gasteiger partial charge in [-0.2, -0.15) is 4.31 Å². The number of halogens is 1. The summed E-state index contributed by atoms with van der Waals surface area (Å²) in [6, 6.07) is 2.85. The Labute approximate surface area is 119 Å². The van der Waals surface area contributed by atoms with Crippen molar-refractivity contribution < 1.29 is 12.8 Å². The quantitative estimate of drug-likeness (QED) is 0.892. The van der Waals surface area contributed by atoms with Crippen molar-refractivity contribution in [2.24, 2.45) is 0 Å². The van der Waals surface area contributed by atoms with Crippen LogP contribution < -0.4 is 5.32 Å². The van der Waals surface area contributed by atoms with Crippen molar-refractivity contribution in [1.29, 1.82) is 0 Å². The lowest BCUT2D eigenvalue weighted by Crippen LogP contribution is -2.45. The van der Waals surface area contributed by atoms with Crippen LogP contribution in [0.25, 0.3) is 0 Å². The number of aromatic nitrogens is 1. The highest BCUT2D eigenvalue weighted by Gasteiger charge is 2.31. The van der Waals surface area contributed by atoms with Gasteiger partial charge in [0, 0.05) is 25.3 Å². The Bertz CT molecular complexity index is 542. The first-order chi connectivity index (χ1) is 9.55. The number of nitrogens with zero attached hydrogens (tertiary/aromatic N) is 2. The molecule has 5 nitrogen and oxygen atoms in total. The molecule has 0 bridgehead atoms. The Hall–Kier alpha value is -1.05. The summed E-state index contributed by atoms with van der Waals surface area (Å²) in [5, 5.41) is 2.91. The predicted molar refractivity (Wildman–Crippen MR) is 74.3 cm³/mol. The summed E-state index contributed by atoms with van der Waals surface area (Å²) in [7, 11) is -3.82. The number of nitrogens with one attached hydrogen (secondary N) is 1. The third kappa shape index (κ3) is 3.34. The van der Waals surface area contributed by atoms with Crippen LogP contribution in [0.4, 0.5) is 4.39 Å². The van der Waals surface area contributed by atoms with E-state index >= 15 is 0 Å². The maximum atomic E-state index is 13.6. The first kappa shape index (κ1) is 15.3. The summed E-state index contributed by atoms with van der Waals surface area (Å²) in [5.41, 5.74) is 0. The normalized spacial score (nSPS) is 18.3. The molecule has 7 heteroatoms. The van der Waals surface area contributed by atoms with Gasteiger partial charge in [-0.25, -0.2) is 17.8 Å². The molecule has 112 valence electrons. The van der Waals surface area contributed by atoms with Crippen LogP contribution in [-0.2, 0) is 10.0 Å². The SMILES string of the molecule is CCCNC1CCN(S(=O)(=O)c2ncccc2F)CC1. The van der Waals surface area contributed by atoms with E-state index in [-0.39, 0.29) is 0 Å². The fourth-order valence-electron chi connectivity index (χ4n) is 2.33. The van der Waals surface area contributed by atoms with Crippen molar-refractivity contribution in [2.75, 3.05) is 19.6 Å². The average molecular weight is 301 g/mol. The van der Waals surface area contributed by atoms with Gasteiger partial charge in [0.1, 0.15) is 0 Å². The van der Waals surface area contributed by atoms with Crippen LogP contribution in [0, 0.1) is 5.82 Å². The number of rotatable bonds is 5. The molecule has 0 radical (unpaired) electrons. The molecule has 0 aromatic carbocycles. The van der Waals surface area contributed by atoms with Gasteiger partial charge >= 0.3 is 0 Å². The number of pyridine rings is 1. The predicted octanol–water partition coefficient (Wildman–Crippen LogP) is 1.37. The molecule has 0 atom stereocenters. The van der Waals surface area contributed by atoms with Crippen LogP contribution in [0.2, 0.25) is 0 Å². The van der Waals surface area contributed by atoms with E-state index in [0.29, 0.717) is 19.1 Å². The Kier molecular flexibility index (Phi) is 5.06. The standard InChI is InChI=1S/C13H20FN3O2S/c1-2-7-15-11-5-9-17(10-6-11)20(18,19)13-12(14)4-3-8-16-13/h3-4,8,11,15H,2,5-7,9-10H2,1H3. The highest BCUT2D eigenvalue weighted by Crippen LogP contribution is 2.21. The lowest BCUT2D eigenvalue weighted by Gasteiger charge is -2.31. The molecule has 2 rings (SSSR count). The average Bonchev–Trinajstić information content (AvgIpc) is 2.46. The molecule has 1 aromatic rings. The minimum atomic E-state index is -3.82. The van der Waals surface area contributed by atoms with Gasteiger partial charge in [0.15, 0.2) is 5.82 Å². The van der Waals surface area contributed by atoms with Crippen LogP contribution >= 0.6 is 0 Å². The summed E-state index contributed by atoms with van der Waals surface area (Å²) in [6.07, 6.45) is 3.84. The number of piperidine rings is 1. The summed E-state index contributed by atoms with van der Waals surface area (Å²) >= 11 is 0. The molecule has 1 aliphatic heterocycles. The fraction of sp³-hybridized carbons (Fsp3) is 0.615. The van der Waals surface area contributed by atoms with Crippen molar-refractivity contribution in [1.82, 2.24) is 14.6 Å². The molecule has 1 N–H and O–H groups in total. The van der Waals surface area contributed by atoms with E-state index in [2.05, 4.69) is 17.2 Å². The molecule has 0 spiro atoms. The van der Waals surface area contributed by atoms with Gasteiger partial charge in [0.05, 0.1) is 0 Å². The molecule has 1 aliphatic rings. The van der Waals surface area contributed by atoms with Gasteiger partial charge < -0.3 is 5.32 Å². The first-order valence-electron chi connectivity index (χ1n) is 6.89. The maximum absolute atomic E-state index is 13.6. The fourth-order valence-corrected chi connectivity index (χ4v) is 3.78. The van der Waals surface area contributed by atoms with Crippen LogP contribution in [0.5, 0.6) is 0 Å². The van der Waals surface area contributed by atoms with Crippen molar-refractivity contribution in [3.8, 4) is 0 Å². The second-order valence-electron chi connectivity index (χ2n) is 4.92. The van der Waals surface area contributed by atoms with Crippen LogP contribution in [0.15, 0.2) is 23.4 Å². The molecule has 20 heavy (non-hydrogen) atoms. The number of sulfonamides is 1. The third-order valence-corrected chi connectivity index (χ3v) is 5.28. The van der Waals surface area contributed by atoms with Crippen LogP contribution in [0.1, 0.15) is 26.2 Å². The van der Waals surface area contributed by atoms with Crippen molar-refractivity contribution >= 4 is 10.0 Å². The van der Waals surface area contributed by atoms with Gasteiger partial charge in [-0.3, -0.25) is 0 Å². The van der Waals surface area contributed by atoms with Crippen LogP contribution in [-0.4, -0.2) is 43.4 Å². The second-order valence-corrected chi connectivity index (χ2v) is 6.78. The van der Waals surface area contributed by atoms with E-state index in [9.17, 15) is 12.8 Å². The van der Waals surface area contributed by atoms with E-state index < -0.39 is 20.9 Å². The Balaban J connectivity index is 2.04. The molecule has 1 aromatic heterocycles. The minimum Gasteiger partial charge on any atom is -0.314 e. The molecule has 1 fully saturated rings. The lowest BCUT2D eigenvalue weighted by molar-refractivity contribution is 0.288. The van der Waals surface area contributed by atoms with Crippen molar-refractivity contribution in [3.63, 3.8) is 0 Å². The molecular weight excluding hydrogens is 281 g/mol. The van der Waals surface area contributed by atoms with E-state index in [0.717, 1.165) is 31.9 Å². The number of hydrogen-bond acceptors (Lipinski definition) is 4. The first-order valence-corrected chi connectivity index (χ1v) is 8.33. The van der Waals surface area contributed by atoms with E-state index in [1.807, 2.05) is 0 Å². The zero-order chi connectivity index (χ0) is 14.6. The van der Waals surface area contributed by atoms with E-state index in [1.165, 1.54) is 16.6 Å². The monoisotopic (exact) mass is 301 g/mol. The van der Waals surface area contributed by atoms with Gasteiger partial charge in [-0.1, -0.05) is 6.92 Å². The molecule has 0 saturated carbocycles. The molecular formula is C13H20FN3O2S. The smallest absolute Gasteiger partial charge is 0.263 e. The van der Waals surface area contributed by atoms with Crippen molar-refractivity contribution in [2.45, 2.75) is 37.3 Å². The van der Waals surface area contributed by atoms with Gasteiger partial charge in [0.2, 0.25) is 5.03 Å². The molecule has 0 aliphatic carbocycles. The van der Waals surface area contributed by atoms with E-state index in [4.69, 9.17) is 0 Å². The summed E-state index contributed by atoms with van der Waals surface area (Å²) < 4.78 is 39.6.